The molecule has 0 aromatic carbocycles. The van der Waals surface area contributed by atoms with Gasteiger partial charge in [-0.25, -0.2) is 4.39 Å². The van der Waals surface area contributed by atoms with Gasteiger partial charge >= 0.3 is 5.97 Å². The Kier molecular flexibility index (Phi) is 8.10. The molecule has 3 aliphatic carbocycles. The highest BCUT2D eigenvalue weighted by atomic mass is 19.1. The number of esters is 1. The first-order valence-corrected chi connectivity index (χ1v) is 12.9. The quantitative estimate of drug-likeness (QED) is 0.369. The Morgan fingerprint density at radius 1 is 1.28 bits per heavy atom. The minimum Gasteiger partial charge on any atom is -0.462 e. The molecule has 0 radical (unpaired) electrons. The third-order valence-corrected chi connectivity index (χ3v) is 8.66. The molecule has 0 aromatic rings. The molecule has 3 rings (SSSR count). The second-order valence-electron chi connectivity index (χ2n) is 11.7. The van der Waals surface area contributed by atoms with E-state index in [1.165, 1.54) is 50.2 Å². The maximum atomic E-state index is 13.9. The van der Waals surface area contributed by atoms with Crippen LogP contribution in [0.1, 0.15) is 105 Å². The van der Waals surface area contributed by atoms with Crippen LogP contribution in [0.5, 0.6) is 0 Å². The first-order chi connectivity index (χ1) is 15.0. The summed E-state index contributed by atoms with van der Waals surface area (Å²) in [5.74, 6) is 1.88. The van der Waals surface area contributed by atoms with Crippen LogP contribution in [0.4, 0.5) is 4.39 Å². The van der Waals surface area contributed by atoms with Gasteiger partial charge in [0.25, 0.3) is 0 Å². The molecule has 0 aromatic heterocycles. The first-order valence-electron chi connectivity index (χ1n) is 12.9. The van der Waals surface area contributed by atoms with Gasteiger partial charge in [-0.1, -0.05) is 56.6 Å². The Morgan fingerprint density at radius 2 is 2.03 bits per heavy atom. The van der Waals surface area contributed by atoms with Crippen LogP contribution in [0.2, 0.25) is 0 Å². The number of carbonyl (C=O) groups is 1. The van der Waals surface area contributed by atoms with Gasteiger partial charge < -0.3 is 4.74 Å². The van der Waals surface area contributed by atoms with Crippen LogP contribution in [0.3, 0.4) is 0 Å². The average molecular weight is 445 g/mol. The summed E-state index contributed by atoms with van der Waals surface area (Å²) >= 11 is 0. The Morgan fingerprint density at radius 3 is 2.72 bits per heavy atom. The minimum absolute atomic E-state index is 0.00900. The number of fused-ring (bicyclic) bond motifs is 1. The fraction of sp³-hybridized carbons (Fsp3) is 0.759. The van der Waals surface area contributed by atoms with E-state index < -0.39 is 5.67 Å². The number of ether oxygens (including phenoxy) is 1. The lowest BCUT2D eigenvalue weighted by Gasteiger charge is -2.44. The molecule has 5 atom stereocenters. The van der Waals surface area contributed by atoms with E-state index in [0.717, 1.165) is 38.0 Å². The Balaban J connectivity index is 1.68. The highest BCUT2D eigenvalue weighted by Gasteiger charge is 2.50. The number of halogens is 1. The summed E-state index contributed by atoms with van der Waals surface area (Å²) < 4.78 is 19.4. The lowest BCUT2D eigenvalue weighted by molar-refractivity contribution is -0.146. The van der Waals surface area contributed by atoms with Crippen LogP contribution in [0.25, 0.3) is 0 Å². The lowest BCUT2D eigenvalue weighted by Crippen LogP contribution is -2.36. The zero-order chi connectivity index (χ0) is 23.5. The van der Waals surface area contributed by atoms with E-state index in [2.05, 4.69) is 32.6 Å². The molecule has 0 N–H and O–H groups in total. The van der Waals surface area contributed by atoms with Crippen LogP contribution in [0, 0.1) is 23.2 Å². The van der Waals surface area contributed by atoms with E-state index in [9.17, 15) is 9.18 Å². The second kappa shape index (κ2) is 10.3. The van der Waals surface area contributed by atoms with Crippen LogP contribution in [-0.4, -0.2) is 17.7 Å². The second-order valence-corrected chi connectivity index (χ2v) is 11.7. The summed E-state index contributed by atoms with van der Waals surface area (Å²) in [7, 11) is 0. The van der Waals surface area contributed by atoms with Gasteiger partial charge in [0.05, 0.1) is 0 Å². The zero-order valence-electron chi connectivity index (χ0n) is 21.1. The topological polar surface area (TPSA) is 26.3 Å². The monoisotopic (exact) mass is 444 g/mol. The van der Waals surface area contributed by atoms with Gasteiger partial charge in [0.2, 0.25) is 0 Å². The number of alkyl halides is 1. The average Bonchev–Trinajstić information content (AvgIpc) is 3.04. The van der Waals surface area contributed by atoms with E-state index in [4.69, 9.17) is 4.74 Å². The predicted octanol–water partition coefficient (Wildman–Crippen LogP) is 8.28. The molecule has 0 spiro atoms. The molecule has 3 aliphatic rings. The molecular weight excluding hydrogens is 399 g/mol. The van der Waals surface area contributed by atoms with Gasteiger partial charge in [0.1, 0.15) is 11.8 Å². The highest BCUT2D eigenvalue weighted by molar-refractivity contribution is 5.66. The summed E-state index contributed by atoms with van der Waals surface area (Å²) in [6, 6.07) is 0. The number of rotatable bonds is 7. The fourth-order valence-corrected chi connectivity index (χ4v) is 6.98. The largest absolute Gasteiger partial charge is 0.462 e. The highest BCUT2D eigenvalue weighted by Crippen LogP contribution is 2.60. The molecule has 0 saturated heterocycles. The summed E-state index contributed by atoms with van der Waals surface area (Å²) in [6.07, 6.45) is 16.4. The van der Waals surface area contributed by atoms with Crippen LogP contribution < -0.4 is 0 Å². The van der Waals surface area contributed by atoms with Crippen molar-refractivity contribution >= 4 is 5.97 Å². The molecular formula is C29H45FO2. The smallest absolute Gasteiger partial charge is 0.302 e. The molecule has 3 heteroatoms. The van der Waals surface area contributed by atoms with E-state index >= 15 is 0 Å². The molecule has 32 heavy (non-hydrogen) atoms. The van der Waals surface area contributed by atoms with Gasteiger partial charge in [0.15, 0.2) is 0 Å². The van der Waals surface area contributed by atoms with Gasteiger partial charge in [-0.15, -0.1) is 0 Å². The van der Waals surface area contributed by atoms with Crippen molar-refractivity contribution in [3.63, 3.8) is 0 Å². The SMILES string of the molecule is C=C1CC[C@H](OC(C)=O)C/C1=C/C=C1\CCC[C@]2(C)[C@@H]([C@H](C)CCCC(C)(C)F)CC[C@@H]12. The first kappa shape index (κ1) is 25.2. The molecule has 3 saturated carbocycles. The van der Waals surface area contributed by atoms with Gasteiger partial charge in [-0.3, -0.25) is 4.79 Å². The van der Waals surface area contributed by atoms with Crippen molar-refractivity contribution < 1.29 is 13.9 Å². The molecule has 2 nitrogen and oxygen atoms in total. The van der Waals surface area contributed by atoms with Crippen molar-refractivity contribution in [2.75, 3.05) is 0 Å². The number of carbonyl (C=O) groups excluding carboxylic acids is 1. The molecule has 0 heterocycles. The maximum Gasteiger partial charge on any atom is 0.302 e. The Hall–Kier alpha value is -1.38. The van der Waals surface area contributed by atoms with Crippen molar-refractivity contribution in [1.29, 1.82) is 0 Å². The summed E-state index contributed by atoms with van der Waals surface area (Å²) in [6.45, 7) is 14.1. The number of hydrogen-bond acceptors (Lipinski definition) is 2. The molecule has 0 bridgehead atoms. The number of allylic oxidation sites excluding steroid dienone is 4. The van der Waals surface area contributed by atoms with E-state index in [1.54, 1.807) is 19.4 Å². The van der Waals surface area contributed by atoms with E-state index in [-0.39, 0.29) is 12.1 Å². The maximum absolute atomic E-state index is 13.9. The van der Waals surface area contributed by atoms with Crippen LogP contribution in [0.15, 0.2) is 35.5 Å². The van der Waals surface area contributed by atoms with E-state index in [1.807, 2.05) is 0 Å². The van der Waals surface area contributed by atoms with Gasteiger partial charge in [-0.2, -0.15) is 0 Å². The zero-order valence-corrected chi connectivity index (χ0v) is 21.1. The fourth-order valence-electron chi connectivity index (χ4n) is 6.98. The van der Waals surface area contributed by atoms with Crippen molar-refractivity contribution in [2.24, 2.45) is 23.2 Å². The molecule has 3 fully saturated rings. The summed E-state index contributed by atoms with van der Waals surface area (Å²) in [5, 5.41) is 0. The Labute approximate surface area is 195 Å². The van der Waals surface area contributed by atoms with E-state index in [0.29, 0.717) is 23.7 Å². The van der Waals surface area contributed by atoms with Crippen molar-refractivity contribution in [2.45, 2.75) is 117 Å². The summed E-state index contributed by atoms with van der Waals surface area (Å²) in [4.78, 5) is 11.4. The normalized spacial score (nSPS) is 34.6. The summed E-state index contributed by atoms with van der Waals surface area (Å²) in [5.41, 5.74) is 3.37. The van der Waals surface area contributed by atoms with Crippen molar-refractivity contribution in [1.82, 2.24) is 0 Å². The molecule has 0 unspecified atom stereocenters. The van der Waals surface area contributed by atoms with Gasteiger partial charge in [-0.05, 0) is 94.0 Å². The van der Waals surface area contributed by atoms with Crippen molar-refractivity contribution in [3.05, 3.63) is 35.5 Å². The molecule has 180 valence electrons. The third kappa shape index (κ3) is 6.14. The molecule has 0 amide bonds. The lowest BCUT2D eigenvalue weighted by atomic mass is 9.60. The van der Waals surface area contributed by atoms with Crippen molar-refractivity contribution in [3.8, 4) is 0 Å². The van der Waals surface area contributed by atoms with Crippen LogP contribution in [-0.2, 0) is 9.53 Å². The Bertz CT molecular complexity index is 756. The predicted molar refractivity (Wildman–Crippen MR) is 131 cm³/mol. The van der Waals surface area contributed by atoms with Gasteiger partial charge in [0, 0.05) is 13.3 Å². The number of hydrogen-bond donors (Lipinski definition) is 0. The molecule has 0 aliphatic heterocycles. The van der Waals surface area contributed by atoms with Crippen LogP contribution >= 0.6 is 0 Å². The third-order valence-electron chi connectivity index (χ3n) is 8.66. The standard InChI is InChI=1S/C29H45FO2/c1-20-11-14-25(32-22(3)31)19-24(20)13-12-23-10-8-18-29(6)26(15-16-27(23)29)21(2)9-7-17-28(4,5)30/h12-13,21,25-27H,1,7-11,14-19H2,2-6H3/b23-12+,24-13-/t21-,25+,26-,27+,29-/m1/s1. The minimum atomic E-state index is -1.05.